The summed E-state index contributed by atoms with van der Waals surface area (Å²) in [6, 6.07) is 10.3. The van der Waals surface area contributed by atoms with E-state index < -0.39 is 0 Å². The van der Waals surface area contributed by atoms with Crippen LogP contribution in [0.5, 0.6) is 0 Å². The molecule has 0 aliphatic heterocycles. The van der Waals surface area contributed by atoms with Gasteiger partial charge in [-0.3, -0.25) is 0 Å². The Labute approximate surface area is 115 Å². The van der Waals surface area contributed by atoms with Crippen LogP contribution in [0.4, 0.5) is 0 Å². The molecule has 0 atom stereocenters. The van der Waals surface area contributed by atoms with Gasteiger partial charge < -0.3 is 0 Å². The second-order valence-corrected chi connectivity index (χ2v) is 3.22. The van der Waals surface area contributed by atoms with Gasteiger partial charge in [-0.15, -0.1) is 0 Å². The van der Waals surface area contributed by atoms with Crippen molar-refractivity contribution in [3.8, 4) is 0 Å². The van der Waals surface area contributed by atoms with Crippen molar-refractivity contribution < 1.29 is 0 Å². The maximum Gasteiger partial charge on any atom is -0.0398 e. The molecule has 1 aromatic carbocycles. The molecule has 0 heterocycles. The van der Waals surface area contributed by atoms with Crippen LogP contribution < -0.4 is 0 Å². The second kappa shape index (κ2) is 24.6. The van der Waals surface area contributed by atoms with Gasteiger partial charge in [0.2, 0.25) is 0 Å². The van der Waals surface area contributed by atoms with E-state index >= 15 is 0 Å². The van der Waals surface area contributed by atoms with Gasteiger partial charge in [0, 0.05) is 0 Å². The quantitative estimate of drug-likeness (QED) is 0.533. The van der Waals surface area contributed by atoms with Crippen LogP contribution in [0.2, 0.25) is 0 Å². The Bertz CT molecular complexity index is 257. The van der Waals surface area contributed by atoms with Gasteiger partial charge in [0.25, 0.3) is 0 Å². The van der Waals surface area contributed by atoms with Crippen LogP contribution in [-0.2, 0) is 0 Å². The number of hydrogen-bond donors (Lipinski definition) is 0. The minimum absolute atomic E-state index is 1.25. The maximum absolute atomic E-state index is 3.46. The summed E-state index contributed by atoms with van der Waals surface area (Å²) in [6.45, 7) is 17.3. The second-order valence-electron chi connectivity index (χ2n) is 3.22. The Balaban J connectivity index is -0.000000187. The molecule has 1 rings (SSSR count). The van der Waals surface area contributed by atoms with E-state index in [0.717, 1.165) is 0 Å². The molecule has 0 aliphatic rings. The van der Waals surface area contributed by atoms with Gasteiger partial charge in [0.15, 0.2) is 0 Å². The van der Waals surface area contributed by atoms with Gasteiger partial charge in [-0.2, -0.15) is 0 Å². The smallest absolute Gasteiger partial charge is 0.0398 e. The molecule has 0 N–H and O–H groups in total. The van der Waals surface area contributed by atoms with Gasteiger partial charge in [-0.05, 0) is 6.92 Å². The lowest BCUT2D eigenvalue weighted by Gasteiger charge is -1.82. The average molecular weight is 246 g/mol. The number of hydrogen-bond acceptors (Lipinski definition) is 0. The van der Waals surface area contributed by atoms with Crippen molar-refractivity contribution in [3.63, 3.8) is 0 Å². The fourth-order valence-corrected chi connectivity index (χ4v) is 0.692. The van der Waals surface area contributed by atoms with Crippen molar-refractivity contribution in [2.45, 2.75) is 41.0 Å². The molecule has 0 aliphatic carbocycles. The minimum atomic E-state index is 1.25. The molecule has 0 spiro atoms. The van der Waals surface area contributed by atoms with E-state index in [4.69, 9.17) is 0 Å². The molecule has 0 aromatic heterocycles. The average Bonchev–Trinajstić information content (AvgIpc) is 2.41. The summed E-state index contributed by atoms with van der Waals surface area (Å²) < 4.78 is 0. The molecule has 0 fully saturated rings. The predicted molar refractivity (Wildman–Crippen MR) is 88.0 cm³/mol. The van der Waals surface area contributed by atoms with E-state index in [1.807, 2.05) is 44.2 Å². The van der Waals surface area contributed by atoms with Crippen LogP contribution in [-0.4, -0.2) is 0 Å². The van der Waals surface area contributed by atoms with Crippen molar-refractivity contribution in [3.05, 3.63) is 73.4 Å². The zero-order valence-electron chi connectivity index (χ0n) is 12.8. The maximum atomic E-state index is 3.46. The van der Waals surface area contributed by atoms with Crippen molar-refractivity contribution >= 4 is 0 Å². The summed E-state index contributed by atoms with van der Waals surface area (Å²) in [6.07, 6.45) is 8.32. The number of rotatable bonds is 2. The Morgan fingerprint density at radius 2 is 1.22 bits per heavy atom. The fourth-order valence-electron chi connectivity index (χ4n) is 0.692. The molecule has 0 saturated heterocycles. The predicted octanol–water partition coefficient (Wildman–Crippen LogP) is 6.35. The number of allylic oxidation sites excluding steroid dienone is 4. The monoisotopic (exact) mass is 246 g/mol. The van der Waals surface area contributed by atoms with Gasteiger partial charge >= 0.3 is 0 Å². The molecule has 18 heavy (non-hydrogen) atoms. The van der Waals surface area contributed by atoms with E-state index in [2.05, 4.69) is 46.1 Å². The minimum Gasteiger partial charge on any atom is -0.0991 e. The highest BCUT2D eigenvalue weighted by molar-refractivity contribution is 5.11. The third-order valence-electron chi connectivity index (χ3n) is 1.32. The molecule has 0 unspecified atom stereocenters. The van der Waals surface area contributed by atoms with Gasteiger partial charge in [-0.1, -0.05) is 107 Å². The molecule has 0 bridgehead atoms. The summed E-state index contributed by atoms with van der Waals surface area (Å²) in [7, 11) is 0. The third-order valence-corrected chi connectivity index (χ3v) is 1.32. The molecule has 0 amide bonds. The van der Waals surface area contributed by atoms with Crippen molar-refractivity contribution in [2.24, 2.45) is 0 Å². The van der Waals surface area contributed by atoms with Gasteiger partial charge in [0.1, 0.15) is 0 Å². The first-order valence-corrected chi connectivity index (χ1v) is 6.64. The van der Waals surface area contributed by atoms with Crippen LogP contribution in [0.15, 0.2) is 67.8 Å². The highest BCUT2D eigenvalue weighted by Gasteiger charge is 1.72. The van der Waals surface area contributed by atoms with Crippen LogP contribution in [0, 0.1) is 6.92 Å². The molecular formula is C18H30. The first-order valence-electron chi connectivity index (χ1n) is 6.64. The lowest BCUT2D eigenvalue weighted by molar-refractivity contribution is 1.09. The molecule has 1 aromatic rings. The highest BCUT2D eigenvalue weighted by atomic mass is 13.8. The summed E-state index contributed by atoms with van der Waals surface area (Å²) in [5.41, 5.74) is 1.32. The number of benzene rings is 1. The Hall–Kier alpha value is -1.56. The Kier molecular flexibility index (Phi) is 29.7. The third kappa shape index (κ3) is 29.3. The SMILES string of the molecule is C=C/C=C\C=C.CC.CCC.Cc1ccccc1. The number of aryl methyl sites for hydroxylation is 1. The molecule has 102 valence electrons. The fraction of sp³-hybridized carbons (Fsp3) is 0.333. The largest absolute Gasteiger partial charge is 0.0991 e. The lowest BCUT2D eigenvalue weighted by atomic mass is 10.2. The standard InChI is InChI=1S/C7H8.C6H8.C3H8.C2H6/c1-7-5-3-2-4-6-7;1-3-5-6-4-2;1-3-2;1-2/h2-6H,1H3;3-6H,1-2H2;3H2,1-2H3;1-2H3/b;6-5-;;. The van der Waals surface area contributed by atoms with Crippen molar-refractivity contribution in [1.29, 1.82) is 0 Å². The molecule has 0 saturated carbocycles. The zero-order chi connectivity index (χ0) is 14.6. The van der Waals surface area contributed by atoms with Crippen LogP contribution >= 0.6 is 0 Å². The summed E-state index contributed by atoms with van der Waals surface area (Å²) >= 11 is 0. The Morgan fingerprint density at radius 3 is 1.39 bits per heavy atom. The normalized spacial score (nSPS) is 7.61. The van der Waals surface area contributed by atoms with E-state index in [1.165, 1.54) is 12.0 Å². The van der Waals surface area contributed by atoms with Crippen LogP contribution in [0.25, 0.3) is 0 Å². The first-order chi connectivity index (χ1) is 8.72. The highest BCUT2D eigenvalue weighted by Crippen LogP contribution is 1.92. The van der Waals surface area contributed by atoms with Gasteiger partial charge in [-0.25, -0.2) is 0 Å². The van der Waals surface area contributed by atoms with Crippen LogP contribution in [0.3, 0.4) is 0 Å². The molecule has 0 heteroatoms. The first kappa shape index (κ1) is 21.7. The van der Waals surface area contributed by atoms with E-state index in [0.29, 0.717) is 0 Å². The van der Waals surface area contributed by atoms with E-state index in [1.54, 1.807) is 12.2 Å². The van der Waals surface area contributed by atoms with Gasteiger partial charge in [0.05, 0.1) is 0 Å². The van der Waals surface area contributed by atoms with Crippen molar-refractivity contribution in [2.75, 3.05) is 0 Å². The summed E-state index contributed by atoms with van der Waals surface area (Å²) in [4.78, 5) is 0. The molecule has 0 radical (unpaired) electrons. The Morgan fingerprint density at radius 1 is 0.889 bits per heavy atom. The molecular weight excluding hydrogens is 216 g/mol. The van der Waals surface area contributed by atoms with Crippen LogP contribution in [0.1, 0.15) is 39.7 Å². The topological polar surface area (TPSA) is 0 Å². The van der Waals surface area contributed by atoms with Crippen molar-refractivity contribution in [1.82, 2.24) is 0 Å². The summed E-state index contributed by atoms with van der Waals surface area (Å²) in [5.74, 6) is 0. The molecule has 0 nitrogen and oxygen atoms in total. The summed E-state index contributed by atoms with van der Waals surface area (Å²) in [5, 5.41) is 0. The lowest BCUT2D eigenvalue weighted by Crippen LogP contribution is -1.62. The van der Waals surface area contributed by atoms with E-state index in [-0.39, 0.29) is 0 Å². The zero-order valence-corrected chi connectivity index (χ0v) is 12.8. The van der Waals surface area contributed by atoms with E-state index in [9.17, 15) is 0 Å².